The zero-order valence-electron chi connectivity index (χ0n) is 9.58. The van der Waals surface area contributed by atoms with Crippen LogP contribution in [0.2, 0.25) is 0 Å². The van der Waals surface area contributed by atoms with E-state index in [-0.39, 0.29) is 12.6 Å². The largest absolute Gasteiger partial charge is 0.396 e. The molecule has 1 aromatic carbocycles. The van der Waals surface area contributed by atoms with Crippen molar-refractivity contribution in [3.05, 3.63) is 54.2 Å². The fourth-order valence-corrected chi connectivity index (χ4v) is 1.74. The number of aliphatic hydroxyl groups excluding tert-OH is 1. The van der Waals surface area contributed by atoms with Gasteiger partial charge in [-0.2, -0.15) is 0 Å². The highest BCUT2D eigenvalue weighted by molar-refractivity contribution is 5.59. The summed E-state index contributed by atoms with van der Waals surface area (Å²) in [5.74, 6) is 0. The van der Waals surface area contributed by atoms with E-state index in [1.54, 1.807) is 6.20 Å². The Labute approximate surface area is 101 Å². The highest BCUT2D eigenvalue weighted by atomic mass is 16.3. The molecule has 3 nitrogen and oxygen atoms in total. The third-order valence-corrected chi connectivity index (χ3v) is 2.74. The summed E-state index contributed by atoms with van der Waals surface area (Å²) in [6.45, 7) is 0.114. The third-order valence-electron chi connectivity index (χ3n) is 2.74. The van der Waals surface area contributed by atoms with E-state index in [9.17, 15) is 0 Å². The van der Waals surface area contributed by atoms with Crippen LogP contribution in [0.25, 0.3) is 11.3 Å². The number of pyridine rings is 1. The minimum absolute atomic E-state index is 0.0993. The topological polar surface area (TPSA) is 59.1 Å². The fraction of sp³-hybridized carbons (Fsp3) is 0.214. The lowest BCUT2D eigenvalue weighted by atomic mass is 10.0. The third kappa shape index (κ3) is 2.90. The quantitative estimate of drug-likeness (QED) is 0.842. The van der Waals surface area contributed by atoms with Crippen molar-refractivity contribution >= 4 is 0 Å². The standard InChI is InChI=1S/C14H16N2O/c15-13(8-10-17)11-4-6-12(7-5-11)14-3-1-2-9-16-14/h1-7,9,13,17H,8,10,15H2. The molecule has 1 heterocycles. The Morgan fingerprint density at radius 3 is 2.47 bits per heavy atom. The van der Waals surface area contributed by atoms with Crippen LogP contribution in [-0.4, -0.2) is 16.7 Å². The van der Waals surface area contributed by atoms with E-state index in [0.29, 0.717) is 6.42 Å². The smallest absolute Gasteiger partial charge is 0.0701 e. The second-order valence-corrected chi connectivity index (χ2v) is 3.96. The fourth-order valence-electron chi connectivity index (χ4n) is 1.74. The lowest BCUT2D eigenvalue weighted by molar-refractivity contribution is 0.276. The highest BCUT2D eigenvalue weighted by Gasteiger charge is 2.05. The normalized spacial score (nSPS) is 12.4. The number of aliphatic hydroxyl groups is 1. The van der Waals surface area contributed by atoms with Gasteiger partial charge in [-0.05, 0) is 24.1 Å². The van der Waals surface area contributed by atoms with Crippen LogP contribution in [-0.2, 0) is 0 Å². The number of hydrogen-bond donors (Lipinski definition) is 2. The first kappa shape index (κ1) is 11.8. The van der Waals surface area contributed by atoms with Gasteiger partial charge in [0, 0.05) is 24.4 Å². The Morgan fingerprint density at radius 2 is 1.88 bits per heavy atom. The lowest BCUT2D eigenvalue weighted by Gasteiger charge is -2.10. The molecule has 0 saturated heterocycles. The number of benzene rings is 1. The van der Waals surface area contributed by atoms with Crippen molar-refractivity contribution in [2.45, 2.75) is 12.5 Å². The van der Waals surface area contributed by atoms with E-state index in [2.05, 4.69) is 4.98 Å². The zero-order chi connectivity index (χ0) is 12.1. The van der Waals surface area contributed by atoms with Crippen LogP contribution < -0.4 is 5.73 Å². The summed E-state index contributed by atoms with van der Waals surface area (Å²) in [5, 5.41) is 8.84. The van der Waals surface area contributed by atoms with Gasteiger partial charge in [0.05, 0.1) is 5.69 Å². The van der Waals surface area contributed by atoms with E-state index in [0.717, 1.165) is 16.8 Å². The molecule has 0 aliphatic rings. The van der Waals surface area contributed by atoms with Crippen LogP contribution in [0, 0.1) is 0 Å². The predicted molar refractivity (Wildman–Crippen MR) is 68.3 cm³/mol. The molecule has 0 aliphatic heterocycles. The number of aromatic nitrogens is 1. The van der Waals surface area contributed by atoms with Gasteiger partial charge in [-0.15, -0.1) is 0 Å². The average molecular weight is 228 g/mol. The van der Waals surface area contributed by atoms with Gasteiger partial charge in [-0.25, -0.2) is 0 Å². The van der Waals surface area contributed by atoms with Gasteiger partial charge in [-0.1, -0.05) is 30.3 Å². The second-order valence-electron chi connectivity index (χ2n) is 3.96. The van der Waals surface area contributed by atoms with Crippen LogP contribution in [0.4, 0.5) is 0 Å². The summed E-state index contributed by atoms with van der Waals surface area (Å²) < 4.78 is 0. The molecule has 1 atom stereocenters. The van der Waals surface area contributed by atoms with Crippen LogP contribution in [0.1, 0.15) is 18.0 Å². The minimum Gasteiger partial charge on any atom is -0.396 e. The minimum atomic E-state index is -0.0993. The molecule has 0 spiro atoms. The van der Waals surface area contributed by atoms with Gasteiger partial charge >= 0.3 is 0 Å². The number of rotatable bonds is 4. The van der Waals surface area contributed by atoms with Gasteiger partial charge in [-0.3, -0.25) is 4.98 Å². The molecule has 17 heavy (non-hydrogen) atoms. The first-order valence-corrected chi connectivity index (χ1v) is 5.69. The maximum Gasteiger partial charge on any atom is 0.0701 e. The van der Waals surface area contributed by atoms with Crippen molar-refractivity contribution in [3.8, 4) is 11.3 Å². The highest BCUT2D eigenvalue weighted by Crippen LogP contribution is 2.20. The summed E-state index contributed by atoms with van der Waals surface area (Å²) in [7, 11) is 0. The summed E-state index contributed by atoms with van der Waals surface area (Å²) in [6.07, 6.45) is 2.36. The summed E-state index contributed by atoms with van der Waals surface area (Å²) in [4.78, 5) is 4.29. The molecule has 1 unspecified atom stereocenters. The summed E-state index contributed by atoms with van der Waals surface area (Å²) in [5.41, 5.74) is 8.99. The molecule has 3 N–H and O–H groups in total. The van der Waals surface area contributed by atoms with Crippen LogP contribution in [0.15, 0.2) is 48.7 Å². The summed E-state index contributed by atoms with van der Waals surface area (Å²) >= 11 is 0. The van der Waals surface area contributed by atoms with E-state index in [4.69, 9.17) is 10.8 Å². The van der Waals surface area contributed by atoms with Gasteiger partial charge in [0.25, 0.3) is 0 Å². The van der Waals surface area contributed by atoms with Crippen LogP contribution in [0.5, 0.6) is 0 Å². The first-order valence-electron chi connectivity index (χ1n) is 5.69. The molecule has 1 aromatic heterocycles. The first-order chi connectivity index (χ1) is 8.31. The van der Waals surface area contributed by atoms with Gasteiger partial charge < -0.3 is 10.8 Å². The van der Waals surface area contributed by atoms with Crippen molar-refractivity contribution in [3.63, 3.8) is 0 Å². The Hall–Kier alpha value is -1.71. The maximum atomic E-state index is 8.84. The Morgan fingerprint density at radius 1 is 1.12 bits per heavy atom. The molecule has 88 valence electrons. The van der Waals surface area contributed by atoms with E-state index < -0.39 is 0 Å². The molecule has 0 bridgehead atoms. The van der Waals surface area contributed by atoms with Gasteiger partial charge in [0.15, 0.2) is 0 Å². The van der Waals surface area contributed by atoms with E-state index in [1.807, 2.05) is 42.5 Å². The van der Waals surface area contributed by atoms with Crippen molar-refractivity contribution < 1.29 is 5.11 Å². The molecular weight excluding hydrogens is 212 g/mol. The number of hydrogen-bond acceptors (Lipinski definition) is 3. The average Bonchev–Trinajstić information content (AvgIpc) is 2.40. The maximum absolute atomic E-state index is 8.84. The van der Waals surface area contributed by atoms with Crippen LogP contribution in [0.3, 0.4) is 0 Å². The van der Waals surface area contributed by atoms with Gasteiger partial charge in [0.1, 0.15) is 0 Å². The molecule has 2 aromatic rings. The Kier molecular flexibility index (Phi) is 3.85. The SMILES string of the molecule is NC(CCO)c1ccc(-c2ccccn2)cc1. The number of nitrogens with two attached hydrogens (primary N) is 1. The van der Waals surface area contributed by atoms with Crippen molar-refractivity contribution in [1.82, 2.24) is 4.98 Å². The molecule has 0 saturated carbocycles. The summed E-state index contributed by atoms with van der Waals surface area (Å²) in [6, 6.07) is 13.7. The molecule has 0 radical (unpaired) electrons. The molecule has 0 aliphatic carbocycles. The van der Waals surface area contributed by atoms with E-state index in [1.165, 1.54) is 0 Å². The molecule has 0 amide bonds. The van der Waals surface area contributed by atoms with E-state index >= 15 is 0 Å². The predicted octanol–water partition coefficient (Wildman–Crippen LogP) is 2.13. The Balaban J connectivity index is 2.19. The zero-order valence-corrected chi connectivity index (χ0v) is 9.58. The van der Waals surface area contributed by atoms with Crippen molar-refractivity contribution in [2.75, 3.05) is 6.61 Å². The molecule has 0 fully saturated rings. The number of nitrogens with zero attached hydrogens (tertiary/aromatic N) is 1. The Bertz CT molecular complexity index is 453. The molecule has 3 heteroatoms. The second kappa shape index (κ2) is 5.57. The molecular formula is C14H16N2O. The monoisotopic (exact) mass is 228 g/mol. The van der Waals surface area contributed by atoms with Crippen molar-refractivity contribution in [1.29, 1.82) is 0 Å². The van der Waals surface area contributed by atoms with Gasteiger partial charge in [0.2, 0.25) is 0 Å². The lowest BCUT2D eigenvalue weighted by Crippen LogP contribution is -2.11. The van der Waals surface area contributed by atoms with Crippen molar-refractivity contribution in [2.24, 2.45) is 5.73 Å². The molecule has 2 rings (SSSR count). The van der Waals surface area contributed by atoms with Crippen LogP contribution >= 0.6 is 0 Å².